The molecule has 0 fully saturated rings. The molecule has 0 aliphatic heterocycles. The van der Waals surface area contributed by atoms with Gasteiger partial charge in [0.2, 0.25) is 0 Å². The molecule has 0 spiro atoms. The number of nitrogens with two attached hydrogens (primary N) is 1. The lowest BCUT2D eigenvalue weighted by atomic mass is 10.2. The molecule has 1 aromatic rings. The Morgan fingerprint density at radius 2 is 1.68 bits per heavy atom. The van der Waals surface area contributed by atoms with Crippen LogP contribution < -0.4 is 16.1 Å². The van der Waals surface area contributed by atoms with Crippen molar-refractivity contribution < 1.29 is 0 Å². The molecule has 3 N–H and O–H groups in total. The Bertz CT molecular complexity index is 383. The summed E-state index contributed by atoms with van der Waals surface area (Å²) in [5.74, 6) is 5.56. The maximum Gasteiger partial charge on any atom is 0.187 e. The fourth-order valence-corrected chi connectivity index (χ4v) is 1.99. The molecule has 0 aliphatic carbocycles. The highest BCUT2D eigenvalue weighted by molar-refractivity contribution is 7.80. The van der Waals surface area contributed by atoms with Crippen LogP contribution in [0.3, 0.4) is 0 Å². The van der Waals surface area contributed by atoms with Gasteiger partial charge in [-0.1, -0.05) is 13.8 Å². The maximum absolute atomic E-state index is 5.56. The molecule has 0 heterocycles. The van der Waals surface area contributed by atoms with Gasteiger partial charge in [-0.3, -0.25) is 5.01 Å². The van der Waals surface area contributed by atoms with Crippen molar-refractivity contribution in [2.75, 3.05) is 30.4 Å². The van der Waals surface area contributed by atoms with Crippen LogP contribution in [0.5, 0.6) is 0 Å². The van der Waals surface area contributed by atoms with Crippen LogP contribution in [0.1, 0.15) is 26.7 Å². The van der Waals surface area contributed by atoms with Crippen molar-refractivity contribution in [3.63, 3.8) is 0 Å². The molecule has 4 nitrogen and oxygen atoms in total. The number of hydrogen-bond donors (Lipinski definition) is 2. The summed E-state index contributed by atoms with van der Waals surface area (Å²) in [6.45, 7) is 6.58. The van der Waals surface area contributed by atoms with E-state index >= 15 is 0 Å². The third-order valence-electron chi connectivity index (χ3n) is 2.79. The lowest BCUT2D eigenvalue weighted by Gasteiger charge is -2.24. The van der Waals surface area contributed by atoms with Gasteiger partial charge in [-0.05, 0) is 49.3 Å². The average Bonchev–Trinajstić information content (AvgIpc) is 2.39. The maximum atomic E-state index is 5.56. The smallest absolute Gasteiger partial charge is 0.187 e. The van der Waals surface area contributed by atoms with Gasteiger partial charge in [0.25, 0.3) is 0 Å². The minimum absolute atomic E-state index is 0.506. The van der Waals surface area contributed by atoms with Gasteiger partial charge >= 0.3 is 0 Å². The van der Waals surface area contributed by atoms with Crippen molar-refractivity contribution in [2.45, 2.75) is 26.7 Å². The van der Waals surface area contributed by atoms with Crippen LogP contribution >= 0.6 is 12.2 Å². The molecule has 0 aliphatic rings. The van der Waals surface area contributed by atoms with Gasteiger partial charge in [0.15, 0.2) is 5.11 Å². The number of hydrogen-bond acceptors (Lipinski definition) is 3. The first-order valence-corrected chi connectivity index (χ1v) is 7.13. The monoisotopic (exact) mass is 280 g/mol. The molecule has 0 aromatic heterocycles. The molecule has 5 heteroatoms. The summed E-state index contributed by atoms with van der Waals surface area (Å²) >= 11 is 5.11. The minimum atomic E-state index is 0.506. The van der Waals surface area contributed by atoms with E-state index in [4.69, 9.17) is 18.1 Å². The third-order valence-corrected chi connectivity index (χ3v) is 3.18. The number of rotatable bonds is 6. The molecule has 0 amide bonds. The number of thiocarbonyl (C=S) groups is 1. The van der Waals surface area contributed by atoms with Crippen LogP contribution in [0.4, 0.5) is 11.4 Å². The number of nitrogens with one attached hydrogen (secondary N) is 1. The second-order valence-electron chi connectivity index (χ2n) is 4.57. The molecule has 0 radical (unpaired) electrons. The van der Waals surface area contributed by atoms with Crippen molar-refractivity contribution in [2.24, 2.45) is 5.84 Å². The quantitative estimate of drug-likeness (QED) is 0.476. The lowest BCUT2D eigenvalue weighted by molar-refractivity contribution is 0.548. The first-order valence-electron chi connectivity index (χ1n) is 6.72. The van der Waals surface area contributed by atoms with Crippen molar-refractivity contribution in [3.8, 4) is 0 Å². The van der Waals surface area contributed by atoms with Crippen LogP contribution in [0, 0.1) is 0 Å². The summed E-state index contributed by atoms with van der Waals surface area (Å²) < 4.78 is 0. The minimum Gasteiger partial charge on any atom is -0.372 e. The van der Waals surface area contributed by atoms with Crippen molar-refractivity contribution in [1.82, 2.24) is 5.01 Å². The van der Waals surface area contributed by atoms with E-state index in [1.807, 2.05) is 12.1 Å². The highest BCUT2D eigenvalue weighted by Gasteiger charge is 2.05. The van der Waals surface area contributed by atoms with Gasteiger partial charge in [-0.25, -0.2) is 5.84 Å². The molecule has 1 aromatic carbocycles. The van der Waals surface area contributed by atoms with E-state index in [-0.39, 0.29) is 0 Å². The van der Waals surface area contributed by atoms with Crippen LogP contribution in [0.2, 0.25) is 0 Å². The Morgan fingerprint density at radius 3 is 2.11 bits per heavy atom. The molecule has 0 saturated heterocycles. The van der Waals surface area contributed by atoms with Crippen molar-refractivity contribution in [1.29, 1.82) is 0 Å². The predicted octanol–water partition coefficient (Wildman–Crippen LogP) is 2.82. The fraction of sp³-hybridized carbons (Fsp3) is 0.500. The van der Waals surface area contributed by atoms with E-state index in [0.717, 1.165) is 31.6 Å². The number of benzene rings is 1. The van der Waals surface area contributed by atoms with Crippen LogP contribution in [0.25, 0.3) is 0 Å². The normalized spacial score (nSPS) is 10.1. The second-order valence-corrected chi connectivity index (χ2v) is 4.96. The Labute approximate surface area is 121 Å². The summed E-state index contributed by atoms with van der Waals surface area (Å²) in [6, 6.07) is 8.30. The first kappa shape index (κ1) is 15.7. The van der Waals surface area contributed by atoms with E-state index in [9.17, 15) is 0 Å². The molecule has 0 bridgehead atoms. The molecule has 0 saturated carbocycles. The highest BCUT2D eigenvalue weighted by atomic mass is 32.1. The zero-order valence-corrected chi connectivity index (χ0v) is 12.8. The summed E-state index contributed by atoms with van der Waals surface area (Å²) in [5, 5.41) is 4.98. The number of anilines is 2. The summed E-state index contributed by atoms with van der Waals surface area (Å²) in [7, 11) is 1.72. The van der Waals surface area contributed by atoms with E-state index in [1.165, 1.54) is 10.7 Å². The predicted molar refractivity (Wildman–Crippen MR) is 87.4 cm³/mol. The first-order chi connectivity index (χ1) is 9.08. The Balaban J connectivity index is 2.71. The Hall–Kier alpha value is -1.33. The molecular weight excluding hydrogens is 256 g/mol. The van der Waals surface area contributed by atoms with Gasteiger partial charge in [0.05, 0.1) is 0 Å². The van der Waals surface area contributed by atoms with Gasteiger partial charge in [0, 0.05) is 31.5 Å². The van der Waals surface area contributed by atoms with Gasteiger partial charge in [-0.15, -0.1) is 0 Å². The van der Waals surface area contributed by atoms with Gasteiger partial charge in [0.1, 0.15) is 0 Å². The largest absolute Gasteiger partial charge is 0.372 e. The molecule has 0 unspecified atom stereocenters. The SMILES string of the molecule is CCCN(CCC)c1ccc(NC(=S)N(C)N)cc1. The molecule has 1 rings (SSSR count). The average molecular weight is 280 g/mol. The Kier molecular flexibility index (Phi) is 6.59. The zero-order valence-electron chi connectivity index (χ0n) is 12.0. The molecule has 0 atom stereocenters. The van der Waals surface area contributed by atoms with E-state index in [2.05, 4.69) is 36.2 Å². The molecule has 106 valence electrons. The van der Waals surface area contributed by atoms with Gasteiger partial charge in [-0.2, -0.15) is 0 Å². The van der Waals surface area contributed by atoms with E-state index < -0.39 is 0 Å². The summed E-state index contributed by atoms with van der Waals surface area (Å²) in [5.41, 5.74) is 2.21. The standard InChI is InChI=1S/C14H24N4S/c1-4-10-18(11-5-2)13-8-6-12(7-9-13)16-14(19)17(3)15/h6-9H,4-5,10-11,15H2,1-3H3,(H,16,19). The molecule has 19 heavy (non-hydrogen) atoms. The number of hydrazine groups is 1. The number of nitrogens with zero attached hydrogens (tertiary/aromatic N) is 2. The van der Waals surface area contributed by atoms with Crippen LogP contribution in [0.15, 0.2) is 24.3 Å². The Morgan fingerprint density at radius 1 is 1.16 bits per heavy atom. The highest BCUT2D eigenvalue weighted by Crippen LogP contribution is 2.18. The lowest BCUT2D eigenvalue weighted by Crippen LogP contribution is -2.36. The summed E-state index contributed by atoms with van der Waals surface area (Å²) in [4.78, 5) is 2.40. The van der Waals surface area contributed by atoms with Crippen LogP contribution in [-0.2, 0) is 0 Å². The van der Waals surface area contributed by atoms with Gasteiger partial charge < -0.3 is 10.2 Å². The fourth-order valence-electron chi connectivity index (χ4n) is 1.88. The second kappa shape index (κ2) is 7.96. The van der Waals surface area contributed by atoms with Crippen LogP contribution in [-0.4, -0.2) is 30.3 Å². The third kappa shape index (κ3) is 5.04. The zero-order chi connectivity index (χ0) is 14.3. The summed E-state index contributed by atoms with van der Waals surface area (Å²) in [6.07, 6.45) is 2.31. The molecular formula is C14H24N4S. The van der Waals surface area contributed by atoms with Crippen molar-refractivity contribution in [3.05, 3.63) is 24.3 Å². The topological polar surface area (TPSA) is 44.5 Å². The van der Waals surface area contributed by atoms with E-state index in [1.54, 1.807) is 7.05 Å². The van der Waals surface area contributed by atoms with E-state index in [0.29, 0.717) is 5.11 Å². The van der Waals surface area contributed by atoms with Crippen molar-refractivity contribution >= 4 is 28.7 Å².